The zero-order chi connectivity index (χ0) is 76.4. The largest absolute Gasteiger partial charge is 0.472 e. The number of rotatable bonds is 84. The molecule has 0 aliphatic heterocycles. The van der Waals surface area contributed by atoms with E-state index in [4.69, 9.17) is 37.0 Å². The minimum Gasteiger partial charge on any atom is -0.462 e. The number of carbonyl (C=O) groups excluding carboxylic acids is 4. The zero-order valence-corrected chi connectivity index (χ0v) is 70.1. The standard InChI is InChI=1S/C85H166O17P2/c1-7-11-13-15-17-19-20-21-22-23-24-28-31-34-37-44-50-56-62-68-83(88)96-74-81(101-84(89)69-63-57-51-45-38-35-32-29-26-25-27-30-33-36-42-47-53-59-65-77(5)9-3)76-100-104(93,94)98-72-79(86)71-97-103(91,92)99-75-80(73-95-82(87)67-61-55-49-41-18-16-14-12-8-2)102-85(90)70-64-58-52-46-40-39-43-48-54-60-66-78(6)10-4/h77-81,86H,7-76H2,1-6H3,(H,91,92)(H,93,94)/t77?,78?,79-,80+,81+/m0/s1. The van der Waals surface area contributed by atoms with Gasteiger partial charge in [0.05, 0.1) is 26.4 Å². The molecular weight excluding hydrogens is 1350 g/mol. The summed E-state index contributed by atoms with van der Waals surface area (Å²) in [4.78, 5) is 73.1. The first-order chi connectivity index (χ1) is 50.4. The first-order valence-electron chi connectivity index (χ1n) is 44.1. The Balaban J connectivity index is 5.20. The number of phosphoric ester groups is 2. The van der Waals surface area contributed by atoms with Gasteiger partial charge in [-0.15, -0.1) is 0 Å². The summed E-state index contributed by atoms with van der Waals surface area (Å²) in [5.74, 6) is -0.431. The summed E-state index contributed by atoms with van der Waals surface area (Å²) >= 11 is 0. The van der Waals surface area contributed by atoms with Gasteiger partial charge in [-0.3, -0.25) is 37.3 Å². The first kappa shape index (κ1) is 102. The van der Waals surface area contributed by atoms with Crippen LogP contribution in [0.4, 0.5) is 0 Å². The summed E-state index contributed by atoms with van der Waals surface area (Å²) in [5, 5.41) is 10.7. The topological polar surface area (TPSA) is 237 Å². The molecule has 0 amide bonds. The minimum atomic E-state index is -4.96. The van der Waals surface area contributed by atoms with Crippen LogP contribution >= 0.6 is 15.6 Å². The van der Waals surface area contributed by atoms with Gasteiger partial charge in [0, 0.05) is 25.7 Å². The Labute approximate surface area is 638 Å². The molecule has 19 heteroatoms. The van der Waals surface area contributed by atoms with E-state index in [1.807, 2.05) is 0 Å². The molecule has 7 atom stereocenters. The minimum absolute atomic E-state index is 0.107. The molecule has 0 aromatic rings. The molecule has 0 radical (unpaired) electrons. The third-order valence-corrected chi connectivity index (χ3v) is 22.6. The molecule has 0 aliphatic carbocycles. The molecule has 0 saturated carbocycles. The van der Waals surface area contributed by atoms with E-state index < -0.39 is 97.5 Å². The molecule has 0 spiro atoms. The normalized spacial score (nSPS) is 14.4. The van der Waals surface area contributed by atoms with Gasteiger partial charge in [0.15, 0.2) is 12.2 Å². The highest BCUT2D eigenvalue weighted by Crippen LogP contribution is 2.45. The monoisotopic (exact) mass is 1520 g/mol. The van der Waals surface area contributed by atoms with Crippen LogP contribution in [-0.2, 0) is 65.4 Å². The van der Waals surface area contributed by atoms with Crippen molar-refractivity contribution >= 4 is 39.5 Å². The molecule has 0 fully saturated rings. The number of esters is 4. The second kappa shape index (κ2) is 76.4. The summed E-state index contributed by atoms with van der Waals surface area (Å²) in [6.45, 7) is 9.73. The van der Waals surface area contributed by atoms with Crippen molar-refractivity contribution < 1.29 is 80.2 Å². The van der Waals surface area contributed by atoms with Gasteiger partial charge in [0.1, 0.15) is 19.3 Å². The molecule has 0 bridgehead atoms. The van der Waals surface area contributed by atoms with Crippen LogP contribution in [0.2, 0.25) is 0 Å². The third kappa shape index (κ3) is 75.5. The average molecular weight is 1520 g/mol. The van der Waals surface area contributed by atoms with Crippen molar-refractivity contribution in [3.05, 3.63) is 0 Å². The SMILES string of the molecule is CCCCCCCCCCCCCCCCCCCCCC(=O)OC[C@H](COP(=O)(O)OC[C@@H](O)COP(=O)(O)OC[C@@H](COC(=O)CCCCCCCCCCC)OC(=O)CCCCCCCCCCCCC(C)CC)OC(=O)CCCCCCCCCCCCCCCCCCCCC(C)CC. The quantitative estimate of drug-likeness (QED) is 0.0222. The van der Waals surface area contributed by atoms with Gasteiger partial charge in [-0.25, -0.2) is 9.13 Å². The Morgan fingerprint density at radius 3 is 0.683 bits per heavy atom. The number of phosphoric acid groups is 2. The zero-order valence-electron chi connectivity index (χ0n) is 68.3. The molecular formula is C85H166O17P2. The molecule has 0 saturated heterocycles. The molecule has 0 heterocycles. The van der Waals surface area contributed by atoms with Crippen molar-refractivity contribution in [2.45, 2.75) is 471 Å². The highest BCUT2D eigenvalue weighted by Gasteiger charge is 2.30. The number of aliphatic hydroxyl groups is 1. The van der Waals surface area contributed by atoms with Crippen molar-refractivity contribution in [2.24, 2.45) is 11.8 Å². The molecule has 4 unspecified atom stereocenters. The van der Waals surface area contributed by atoms with Crippen molar-refractivity contribution in [1.29, 1.82) is 0 Å². The van der Waals surface area contributed by atoms with Gasteiger partial charge in [-0.2, -0.15) is 0 Å². The fourth-order valence-electron chi connectivity index (χ4n) is 13.2. The van der Waals surface area contributed by atoms with E-state index in [0.717, 1.165) is 102 Å². The Kier molecular flexibility index (Phi) is 75.0. The van der Waals surface area contributed by atoms with Gasteiger partial charge in [0.2, 0.25) is 0 Å². The second-order valence-electron chi connectivity index (χ2n) is 31.1. The second-order valence-corrected chi connectivity index (χ2v) is 34.0. The van der Waals surface area contributed by atoms with E-state index in [9.17, 15) is 43.2 Å². The van der Waals surface area contributed by atoms with E-state index in [0.29, 0.717) is 25.7 Å². The van der Waals surface area contributed by atoms with E-state index in [2.05, 4.69) is 41.5 Å². The lowest BCUT2D eigenvalue weighted by atomic mass is 9.99. The molecule has 0 aromatic carbocycles. The molecule has 3 N–H and O–H groups in total. The predicted octanol–water partition coefficient (Wildman–Crippen LogP) is 25.8. The highest BCUT2D eigenvalue weighted by atomic mass is 31.2. The van der Waals surface area contributed by atoms with Crippen LogP contribution in [0.5, 0.6) is 0 Å². The number of carbonyl (C=O) groups is 4. The summed E-state index contributed by atoms with van der Waals surface area (Å²) in [5.41, 5.74) is 0. The smallest absolute Gasteiger partial charge is 0.462 e. The van der Waals surface area contributed by atoms with E-state index in [1.165, 1.54) is 270 Å². The van der Waals surface area contributed by atoms with Crippen molar-refractivity contribution in [3.8, 4) is 0 Å². The van der Waals surface area contributed by atoms with E-state index >= 15 is 0 Å². The number of unbranched alkanes of at least 4 members (excludes halogenated alkanes) is 52. The van der Waals surface area contributed by atoms with Gasteiger partial charge in [-0.05, 0) is 37.5 Å². The maximum absolute atomic E-state index is 13.1. The summed E-state index contributed by atoms with van der Waals surface area (Å²) in [6, 6.07) is 0. The van der Waals surface area contributed by atoms with Crippen LogP contribution in [0.15, 0.2) is 0 Å². The number of hydrogen-bond donors (Lipinski definition) is 3. The fourth-order valence-corrected chi connectivity index (χ4v) is 14.8. The molecule has 618 valence electrons. The van der Waals surface area contributed by atoms with Crippen molar-refractivity contribution in [1.82, 2.24) is 0 Å². The van der Waals surface area contributed by atoms with E-state index in [-0.39, 0.29) is 25.7 Å². The predicted molar refractivity (Wildman–Crippen MR) is 428 cm³/mol. The van der Waals surface area contributed by atoms with E-state index in [1.54, 1.807) is 0 Å². The number of aliphatic hydroxyl groups excluding tert-OH is 1. The maximum Gasteiger partial charge on any atom is 0.472 e. The summed E-state index contributed by atoms with van der Waals surface area (Å²) in [7, 11) is -9.92. The van der Waals surface area contributed by atoms with Gasteiger partial charge >= 0.3 is 39.5 Å². The Hall–Kier alpha value is -1.94. The van der Waals surface area contributed by atoms with Crippen LogP contribution < -0.4 is 0 Å². The molecule has 17 nitrogen and oxygen atoms in total. The van der Waals surface area contributed by atoms with Crippen molar-refractivity contribution in [2.75, 3.05) is 39.6 Å². The highest BCUT2D eigenvalue weighted by molar-refractivity contribution is 7.47. The lowest BCUT2D eigenvalue weighted by molar-refractivity contribution is -0.161. The van der Waals surface area contributed by atoms with Crippen LogP contribution in [0.3, 0.4) is 0 Å². The van der Waals surface area contributed by atoms with Gasteiger partial charge in [0.25, 0.3) is 0 Å². The Bertz CT molecular complexity index is 2000. The number of ether oxygens (including phenoxy) is 4. The summed E-state index contributed by atoms with van der Waals surface area (Å²) in [6.07, 6.45) is 68.0. The first-order valence-corrected chi connectivity index (χ1v) is 47.1. The van der Waals surface area contributed by atoms with Crippen LogP contribution in [-0.4, -0.2) is 96.7 Å². The third-order valence-electron chi connectivity index (χ3n) is 20.7. The molecule has 104 heavy (non-hydrogen) atoms. The number of hydrogen-bond acceptors (Lipinski definition) is 15. The Morgan fingerprint density at radius 2 is 0.462 bits per heavy atom. The fraction of sp³-hybridized carbons (Fsp3) is 0.953. The molecule has 0 aromatic heterocycles. The lowest BCUT2D eigenvalue weighted by Gasteiger charge is -2.21. The van der Waals surface area contributed by atoms with Crippen LogP contribution in [0.25, 0.3) is 0 Å². The Morgan fingerprint density at radius 1 is 0.269 bits per heavy atom. The molecule has 0 aliphatic rings. The van der Waals surface area contributed by atoms with Gasteiger partial charge < -0.3 is 33.8 Å². The lowest BCUT2D eigenvalue weighted by Crippen LogP contribution is -2.30. The van der Waals surface area contributed by atoms with Crippen LogP contribution in [0.1, 0.15) is 452 Å². The molecule has 0 rings (SSSR count). The van der Waals surface area contributed by atoms with Gasteiger partial charge in [-0.1, -0.05) is 401 Å². The van der Waals surface area contributed by atoms with Crippen molar-refractivity contribution in [3.63, 3.8) is 0 Å². The average Bonchev–Trinajstić information content (AvgIpc) is 1.01. The van der Waals surface area contributed by atoms with Crippen LogP contribution in [0, 0.1) is 11.8 Å². The maximum atomic E-state index is 13.1. The summed E-state index contributed by atoms with van der Waals surface area (Å²) < 4.78 is 68.8.